The van der Waals surface area contributed by atoms with Gasteiger partial charge in [-0.15, -0.1) is 0 Å². The number of rotatable bonds is 3. The second-order valence-corrected chi connectivity index (χ2v) is 6.63. The van der Waals surface area contributed by atoms with Crippen molar-refractivity contribution in [2.24, 2.45) is 0 Å². The molecule has 1 aromatic rings. The largest absolute Gasteiger partial charge is 0.444 e. The highest BCUT2D eigenvalue weighted by Gasteiger charge is 2.25. The fourth-order valence-corrected chi connectivity index (χ4v) is 2.46. The molecule has 126 valence electrons. The number of hydrogen-bond donors (Lipinski definition) is 1. The Morgan fingerprint density at radius 1 is 1.17 bits per heavy atom. The van der Waals surface area contributed by atoms with Crippen LogP contribution in [0.1, 0.15) is 26.3 Å². The number of hydrogen-bond acceptors (Lipinski definition) is 4. The van der Waals surface area contributed by atoms with Gasteiger partial charge in [0.25, 0.3) is 0 Å². The fourth-order valence-electron chi connectivity index (χ4n) is 2.46. The van der Waals surface area contributed by atoms with Crippen molar-refractivity contribution in [3.05, 3.63) is 35.9 Å². The van der Waals surface area contributed by atoms with Crippen molar-refractivity contribution in [1.29, 1.82) is 0 Å². The lowest BCUT2D eigenvalue weighted by Crippen LogP contribution is -2.50. The Morgan fingerprint density at radius 2 is 1.78 bits per heavy atom. The number of piperazine rings is 1. The van der Waals surface area contributed by atoms with Gasteiger partial charge in [-0.2, -0.15) is 0 Å². The average molecular weight is 318 g/mol. The lowest BCUT2D eigenvalue weighted by atomic mass is 10.1. The number of ether oxygens (including phenoxy) is 1. The number of carbonyl (C=O) groups excluding carboxylic acids is 1. The van der Waals surface area contributed by atoms with Gasteiger partial charge in [0.05, 0.1) is 6.61 Å². The van der Waals surface area contributed by atoms with Crippen LogP contribution in [0.3, 0.4) is 0 Å². The zero-order valence-electron chi connectivity index (χ0n) is 14.2. The molecule has 1 aliphatic rings. The molecule has 0 unspecified atom stereocenters. The summed E-state index contributed by atoms with van der Waals surface area (Å²) in [6.07, 6.45) is 3.38. The van der Waals surface area contributed by atoms with E-state index in [1.807, 2.05) is 39.0 Å². The number of amides is 1. The standard InChI is InChI=1S/C18H26N2O3/c1-18(2,3)23-17(22)20-12-10-19(11-13-20)16-8-6-15(7-9-16)5-4-14-21/h4-9,21H,10-14H2,1-3H3. The fraction of sp³-hybridized carbons (Fsp3) is 0.500. The second-order valence-electron chi connectivity index (χ2n) is 6.63. The molecule has 1 amide bonds. The highest BCUT2D eigenvalue weighted by molar-refractivity contribution is 5.68. The first-order chi connectivity index (χ1) is 10.9. The summed E-state index contributed by atoms with van der Waals surface area (Å²) in [7, 11) is 0. The highest BCUT2D eigenvalue weighted by Crippen LogP contribution is 2.19. The van der Waals surface area contributed by atoms with Gasteiger partial charge >= 0.3 is 6.09 Å². The van der Waals surface area contributed by atoms with Gasteiger partial charge < -0.3 is 19.6 Å². The Labute approximate surface area is 138 Å². The molecule has 0 saturated carbocycles. The van der Waals surface area contributed by atoms with Gasteiger partial charge in [-0.1, -0.05) is 24.3 Å². The number of aliphatic hydroxyl groups excluding tert-OH is 1. The molecule has 1 saturated heterocycles. The third-order valence-electron chi connectivity index (χ3n) is 3.61. The van der Waals surface area contributed by atoms with Crippen LogP contribution >= 0.6 is 0 Å². The van der Waals surface area contributed by atoms with E-state index in [1.54, 1.807) is 11.0 Å². The van der Waals surface area contributed by atoms with Gasteiger partial charge in [0.1, 0.15) is 5.60 Å². The SMILES string of the molecule is CC(C)(C)OC(=O)N1CCN(c2ccc(C=CCO)cc2)CC1. The number of nitrogens with zero attached hydrogens (tertiary/aromatic N) is 2. The molecule has 1 heterocycles. The van der Waals surface area contributed by atoms with E-state index in [2.05, 4.69) is 17.0 Å². The summed E-state index contributed by atoms with van der Waals surface area (Å²) in [5, 5.41) is 8.79. The first kappa shape index (κ1) is 17.3. The lowest BCUT2D eigenvalue weighted by Gasteiger charge is -2.36. The van der Waals surface area contributed by atoms with Crippen LogP contribution in [-0.4, -0.2) is 54.5 Å². The number of aliphatic hydroxyl groups is 1. The third kappa shape index (κ3) is 5.28. The van der Waals surface area contributed by atoms with Crippen molar-refractivity contribution in [1.82, 2.24) is 4.90 Å². The second kappa shape index (κ2) is 7.51. The number of benzene rings is 1. The van der Waals surface area contributed by atoms with Crippen LogP contribution in [0, 0.1) is 0 Å². The summed E-state index contributed by atoms with van der Waals surface area (Å²) in [4.78, 5) is 16.1. The Morgan fingerprint density at radius 3 is 2.30 bits per heavy atom. The Kier molecular flexibility index (Phi) is 5.66. The van der Waals surface area contributed by atoms with Crippen molar-refractivity contribution in [3.8, 4) is 0 Å². The van der Waals surface area contributed by atoms with E-state index in [0.29, 0.717) is 13.1 Å². The van der Waals surface area contributed by atoms with Crippen LogP contribution in [-0.2, 0) is 4.74 Å². The zero-order valence-corrected chi connectivity index (χ0v) is 14.2. The van der Waals surface area contributed by atoms with Crippen LogP contribution in [0.25, 0.3) is 6.08 Å². The minimum absolute atomic E-state index is 0.0500. The van der Waals surface area contributed by atoms with E-state index >= 15 is 0 Å². The van der Waals surface area contributed by atoms with Crippen LogP contribution < -0.4 is 4.90 Å². The monoisotopic (exact) mass is 318 g/mol. The van der Waals surface area contributed by atoms with Crippen LogP contribution in [0.4, 0.5) is 10.5 Å². The van der Waals surface area contributed by atoms with E-state index in [-0.39, 0.29) is 12.7 Å². The molecule has 23 heavy (non-hydrogen) atoms. The molecular weight excluding hydrogens is 292 g/mol. The van der Waals surface area contributed by atoms with Gasteiger partial charge in [0.2, 0.25) is 0 Å². The van der Waals surface area contributed by atoms with E-state index in [9.17, 15) is 4.79 Å². The molecule has 1 aromatic carbocycles. The van der Waals surface area contributed by atoms with Gasteiger partial charge in [0, 0.05) is 31.9 Å². The Balaban J connectivity index is 1.89. The van der Waals surface area contributed by atoms with Gasteiger partial charge in [-0.25, -0.2) is 4.79 Å². The van der Waals surface area contributed by atoms with Crippen molar-refractivity contribution in [2.75, 3.05) is 37.7 Å². The summed E-state index contributed by atoms with van der Waals surface area (Å²) < 4.78 is 5.41. The molecule has 0 aromatic heterocycles. The van der Waals surface area contributed by atoms with Crippen molar-refractivity contribution < 1.29 is 14.6 Å². The van der Waals surface area contributed by atoms with Crippen molar-refractivity contribution in [3.63, 3.8) is 0 Å². The number of carbonyl (C=O) groups is 1. The quantitative estimate of drug-likeness (QED) is 0.931. The lowest BCUT2D eigenvalue weighted by molar-refractivity contribution is 0.0240. The Hall–Kier alpha value is -2.01. The van der Waals surface area contributed by atoms with Crippen LogP contribution in [0.2, 0.25) is 0 Å². The first-order valence-corrected chi connectivity index (χ1v) is 7.99. The maximum absolute atomic E-state index is 12.1. The minimum Gasteiger partial charge on any atom is -0.444 e. The third-order valence-corrected chi connectivity index (χ3v) is 3.61. The summed E-state index contributed by atoms with van der Waals surface area (Å²) in [6, 6.07) is 8.20. The molecule has 2 rings (SSSR count). The normalized spacial score (nSPS) is 16.0. The molecule has 0 aliphatic carbocycles. The van der Waals surface area contributed by atoms with Crippen molar-refractivity contribution >= 4 is 17.9 Å². The van der Waals surface area contributed by atoms with Gasteiger partial charge in [-0.3, -0.25) is 0 Å². The molecule has 1 aliphatic heterocycles. The summed E-state index contributed by atoms with van der Waals surface area (Å²) >= 11 is 0. The van der Waals surface area contributed by atoms with Crippen LogP contribution in [0.5, 0.6) is 0 Å². The van der Waals surface area contributed by atoms with Gasteiger partial charge in [0.15, 0.2) is 0 Å². The summed E-state index contributed by atoms with van der Waals surface area (Å²) in [6.45, 7) is 8.63. The highest BCUT2D eigenvalue weighted by atomic mass is 16.6. The van der Waals surface area contributed by atoms with Gasteiger partial charge in [-0.05, 0) is 38.5 Å². The molecule has 0 atom stereocenters. The maximum atomic E-state index is 12.1. The molecule has 0 radical (unpaired) electrons. The van der Waals surface area contributed by atoms with Crippen LogP contribution in [0.15, 0.2) is 30.3 Å². The van der Waals surface area contributed by atoms with E-state index in [4.69, 9.17) is 9.84 Å². The predicted molar refractivity (Wildman–Crippen MR) is 92.6 cm³/mol. The molecule has 1 fully saturated rings. The average Bonchev–Trinajstić information content (AvgIpc) is 2.52. The zero-order chi connectivity index (χ0) is 16.9. The first-order valence-electron chi connectivity index (χ1n) is 7.99. The molecule has 5 heteroatoms. The molecular formula is C18H26N2O3. The van der Waals surface area contributed by atoms with E-state index in [1.165, 1.54) is 0 Å². The van der Waals surface area contributed by atoms with E-state index < -0.39 is 5.60 Å². The maximum Gasteiger partial charge on any atom is 0.410 e. The predicted octanol–water partition coefficient (Wildman–Crippen LogP) is 2.75. The minimum atomic E-state index is -0.452. The number of anilines is 1. The topological polar surface area (TPSA) is 53.0 Å². The summed E-state index contributed by atoms with van der Waals surface area (Å²) in [5.74, 6) is 0. The van der Waals surface area contributed by atoms with Crippen molar-refractivity contribution in [2.45, 2.75) is 26.4 Å². The smallest absolute Gasteiger partial charge is 0.410 e. The molecule has 1 N–H and O–H groups in total. The van der Waals surface area contributed by atoms with E-state index in [0.717, 1.165) is 24.3 Å². The Bertz CT molecular complexity index is 538. The summed E-state index contributed by atoms with van der Waals surface area (Å²) in [5.41, 5.74) is 1.76. The molecule has 0 spiro atoms. The molecule has 5 nitrogen and oxygen atoms in total. The molecule has 0 bridgehead atoms.